The Balaban J connectivity index is 1.70. The second-order valence-electron chi connectivity index (χ2n) is 7.47. The third-order valence-corrected chi connectivity index (χ3v) is 5.70. The molecule has 5 nitrogen and oxygen atoms in total. The first-order valence-corrected chi connectivity index (χ1v) is 9.82. The summed E-state index contributed by atoms with van der Waals surface area (Å²) in [5.74, 6) is 1.09. The minimum absolute atomic E-state index is 0.161. The van der Waals surface area contributed by atoms with E-state index in [1.165, 1.54) is 30.4 Å². The molecule has 1 saturated heterocycles. The van der Waals surface area contributed by atoms with Gasteiger partial charge < -0.3 is 15.3 Å². The highest BCUT2D eigenvalue weighted by atomic mass is 35.5. The number of nitrogens with zero attached hydrogens (tertiary/aromatic N) is 3. The molecule has 2 aliphatic rings. The second-order valence-corrected chi connectivity index (χ2v) is 7.91. The van der Waals surface area contributed by atoms with Gasteiger partial charge in [0.1, 0.15) is 11.4 Å². The monoisotopic (exact) mass is 372 g/mol. The van der Waals surface area contributed by atoms with Crippen molar-refractivity contribution in [3.63, 3.8) is 0 Å². The standard InChI is InChI=1S/C20H25ClN4O/c1-25-10-4-5-14(12-25)22-20-16-7-3-2-6-15(16)19(23-24-20)17-9-8-13(21)11-18(17)26/h8-9,11,14,26H,2-7,10,12H2,1H3,(H,22,24)/t14-/m1/s1. The van der Waals surface area contributed by atoms with Crippen LogP contribution in [-0.2, 0) is 12.8 Å². The number of nitrogens with one attached hydrogen (secondary N) is 1. The maximum Gasteiger partial charge on any atom is 0.152 e. The van der Waals surface area contributed by atoms with Gasteiger partial charge in [-0.25, -0.2) is 0 Å². The lowest BCUT2D eigenvalue weighted by molar-refractivity contribution is 0.260. The fourth-order valence-corrected chi connectivity index (χ4v) is 4.33. The van der Waals surface area contributed by atoms with E-state index in [-0.39, 0.29) is 5.75 Å². The molecule has 0 bridgehead atoms. The Hall–Kier alpha value is -1.85. The van der Waals surface area contributed by atoms with Crippen molar-refractivity contribution >= 4 is 17.4 Å². The molecule has 1 aliphatic heterocycles. The number of hydrogen-bond acceptors (Lipinski definition) is 5. The molecule has 4 rings (SSSR count). The summed E-state index contributed by atoms with van der Waals surface area (Å²) in [4.78, 5) is 2.36. The Morgan fingerprint density at radius 1 is 1.15 bits per heavy atom. The average molecular weight is 373 g/mol. The van der Waals surface area contributed by atoms with E-state index in [9.17, 15) is 5.11 Å². The van der Waals surface area contributed by atoms with Crippen LogP contribution in [0.1, 0.15) is 36.8 Å². The van der Waals surface area contributed by atoms with Crippen molar-refractivity contribution in [1.29, 1.82) is 0 Å². The molecule has 0 saturated carbocycles. The molecule has 138 valence electrons. The van der Waals surface area contributed by atoms with E-state index in [4.69, 9.17) is 11.6 Å². The summed E-state index contributed by atoms with van der Waals surface area (Å²) in [5, 5.41) is 23.5. The molecular weight excluding hydrogens is 348 g/mol. The number of piperidine rings is 1. The zero-order valence-electron chi connectivity index (χ0n) is 15.1. The van der Waals surface area contributed by atoms with E-state index in [0.29, 0.717) is 16.6 Å². The van der Waals surface area contributed by atoms with E-state index in [0.717, 1.165) is 43.9 Å². The number of aromatic hydroxyl groups is 1. The van der Waals surface area contributed by atoms with Crippen LogP contribution in [0, 0.1) is 0 Å². The van der Waals surface area contributed by atoms with Gasteiger partial charge in [0.2, 0.25) is 0 Å². The van der Waals surface area contributed by atoms with E-state index in [2.05, 4.69) is 27.5 Å². The van der Waals surface area contributed by atoms with Crippen molar-refractivity contribution in [3.05, 3.63) is 34.3 Å². The predicted molar refractivity (Wildman–Crippen MR) is 105 cm³/mol. The molecule has 0 radical (unpaired) electrons. The smallest absolute Gasteiger partial charge is 0.152 e. The molecule has 0 unspecified atom stereocenters. The van der Waals surface area contributed by atoms with Gasteiger partial charge >= 0.3 is 0 Å². The van der Waals surface area contributed by atoms with Gasteiger partial charge in [0.15, 0.2) is 5.82 Å². The van der Waals surface area contributed by atoms with E-state index in [1.807, 2.05) is 6.07 Å². The molecule has 2 aromatic rings. The van der Waals surface area contributed by atoms with E-state index < -0.39 is 0 Å². The van der Waals surface area contributed by atoms with Crippen LogP contribution in [-0.4, -0.2) is 46.4 Å². The van der Waals surface area contributed by atoms with Gasteiger partial charge in [-0.1, -0.05) is 11.6 Å². The van der Waals surface area contributed by atoms with Crippen LogP contribution < -0.4 is 5.32 Å². The summed E-state index contributed by atoms with van der Waals surface area (Å²) < 4.78 is 0. The first-order chi connectivity index (χ1) is 12.6. The molecule has 1 aliphatic carbocycles. The van der Waals surface area contributed by atoms with Crippen LogP contribution in [0.25, 0.3) is 11.3 Å². The lowest BCUT2D eigenvalue weighted by Crippen LogP contribution is -2.40. The largest absolute Gasteiger partial charge is 0.507 e. The van der Waals surface area contributed by atoms with E-state index >= 15 is 0 Å². The van der Waals surface area contributed by atoms with Gasteiger partial charge in [0.05, 0.1) is 0 Å². The molecule has 2 heterocycles. The molecule has 1 aromatic heterocycles. The SMILES string of the molecule is CN1CCC[C@@H](Nc2nnc(-c3ccc(Cl)cc3O)c3c2CCCC3)C1. The molecule has 1 fully saturated rings. The maximum atomic E-state index is 10.3. The molecule has 2 N–H and O–H groups in total. The summed E-state index contributed by atoms with van der Waals surface area (Å²) in [6, 6.07) is 5.61. The number of rotatable bonds is 3. The Morgan fingerprint density at radius 2 is 1.96 bits per heavy atom. The highest BCUT2D eigenvalue weighted by Gasteiger charge is 2.24. The average Bonchev–Trinajstić information content (AvgIpc) is 2.63. The number of phenols is 1. The number of hydrogen-bond donors (Lipinski definition) is 2. The van der Waals surface area contributed by atoms with Crippen LogP contribution in [0.3, 0.4) is 0 Å². The van der Waals surface area contributed by atoms with Gasteiger partial charge in [-0.15, -0.1) is 10.2 Å². The minimum Gasteiger partial charge on any atom is -0.507 e. The highest BCUT2D eigenvalue weighted by Crippen LogP contribution is 2.37. The van der Waals surface area contributed by atoms with Gasteiger partial charge in [-0.2, -0.15) is 0 Å². The number of likely N-dealkylation sites (N-methyl/N-ethyl adjacent to an activating group) is 1. The van der Waals surface area contributed by atoms with Crippen LogP contribution in [0.15, 0.2) is 18.2 Å². The van der Waals surface area contributed by atoms with Crippen molar-refractivity contribution in [2.75, 3.05) is 25.5 Å². The maximum absolute atomic E-state index is 10.3. The molecular formula is C20H25ClN4O. The predicted octanol–water partition coefficient (Wildman–Crippen LogP) is 3.89. The Kier molecular flexibility index (Phi) is 5.00. The van der Waals surface area contributed by atoms with Crippen LogP contribution >= 0.6 is 11.6 Å². The van der Waals surface area contributed by atoms with Gasteiger partial charge in [0, 0.05) is 28.7 Å². The zero-order chi connectivity index (χ0) is 18.1. The quantitative estimate of drug-likeness (QED) is 0.855. The highest BCUT2D eigenvalue weighted by molar-refractivity contribution is 6.30. The van der Waals surface area contributed by atoms with Crippen molar-refractivity contribution in [2.24, 2.45) is 0 Å². The lowest BCUT2D eigenvalue weighted by Gasteiger charge is -2.31. The number of benzene rings is 1. The number of halogens is 1. The second kappa shape index (κ2) is 7.41. The zero-order valence-corrected chi connectivity index (χ0v) is 15.9. The summed E-state index contributed by atoms with van der Waals surface area (Å²) in [5.41, 5.74) is 3.99. The third-order valence-electron chi connectivity index (χ3n) is 5.47. The molecule has 6 heteroatoms. The third kappa shape index (κ3) is 3.51. The molecule has 0 amide bonds. The number of fused-ring (bicyclic) bond motifs is 1. The van der Waals surface area contributed by atoms with Gasteiger partial charge in [0.25, 0.3) is 0 Å². The van der Waals surface area contributed by atoms with Gasteiger partial charge in [-0.05, 0) is 75.9 Å². The lowest BCUT2D eigenvalue weighted by atomic mass is 9.89. The molecule has 1 aromatic carbocycles. The normalized spacial score (nSPS) is 20.6. The summed E-state index contributed by atoms with van der Waals surface area (Å²) in [7, 11) is 2.17. The number of likely N-dealkylation sites (tertiary alicyclic amines) is 1. The topological polar surface area (TPSA) is 61.3 Å². The fraction of sp³-hybridized carbons (Fsp3) is 0.500. The number of aromatic nitrogens is 2. The van der Waals surface area contributed by atoms with Gasteiger partial charge in [-0.3, -0.25) is 0 Å². The van der Waals surface area contributed by atoms with E-state index in [1.54, 1.807) is 12.1 Å². The number of anilines is 1. The fourth-order valence-electron chi connectivity index (χ4n) is 4.16. The van der Waals surface area contributed by atoms with Crippen LogP contribution in [0.5, 0.6) is 5.75 Å². The van der Waals surface area contributed by atoms with Crippen molar-refractivity contribution in [2.45, 2.75) is 44.6 Å². The molecule has 26 heavy (non-hydrogen) atoms. The summed E-state index contributed by atoms with van der Waals surface area (Å²) in [6.07, 6.45) is 6.68. The Bertz CT molecular complexity index is 811. The first kappa shape index (κ1) is 17.6. The van der Waals surface area contributed by atoms with Crippen LogP contribution in [0.2, 0.25) is 5.02 Å². The van der Waals surface area contributed by atoms with Crippen molar-refractivity contribution in [1.82, 2.24) is 15.1 Å². The van der Waals surface area contributed by atoms with Crippen molar-refractivity contribution in [3.8, 4) is 17.0 Å². The number of phenolic OH excluding ortho intramolecular Hbond substituents is 1. The van der Waals surface area contributed by atoms with Crippen LogP contribution in [0.4, 0.5) is 5.82 Å². The first-order valence-electron chi connectivity index (χ1n) is 9.44. The molecule has 1 atom stereocenters. The van der Waals surface area contributed by atoms with Crippen molar-refractivity contribution < 1.29 is 5.11 Å². The molecule has 0 spiro atoms. The Morgan fingerprint density at radius 3 is 2.73 bits per heavy atom. The Labute approximate surface area is 159 Å². The minimum atomic E-state index is 0.161. The summed E-state index contributed by atoms with van der Waals surface area (Å²) in [6.45, 7) is 2.20. The summed E-state index contributed by atoms with van der Waals surface area (Å²) >= 11 is 5.98.